The molecule has 0 spiro atoms. The van der Waals surface area contributed by atoms with Crippen molar-refractivity contribution in [3.8, 4) is 22.8 Å². The van der Waals surface area contributed by atoms with Gasteiger partial charge in [-0.1, -0.05) is 18.2 Å². The molecule has 0 atom stereocenters. The van der Waals surface area contributed by atoms with Crippen molar-refractivity contribution in [2.24, 2.45) is 0 Å². The quantitative estimate of drug-likeness (QED) is 0.547. The molecule has 2 aromatic carbocycles. The molecule has 106 valence electrons. The second-order valence-corrected chi connectivity index (χ2v) is 4.68. The molecule has 4 nitrogen and oxygen atoms in total. The Morgan fingerprint density at radius 1 is 0.905 bits per heavy atom. The number of hydrogen-bond donors (Lipinski definition) is 0. The average Bonchev–Trinajstić information content (AvgIpc) is 2.53. The zero-order chi connectivity index (χ0) is 14.8. The van der Waals surface area contributed by atoms with E-state index < -0.39 is 0 Å². The number of methoxy groups -OCH3 is 2. The van der Waals surface area contributed by atoms with E-state index in [1.165, 1.54) is 0 Å². The van der Waals surface area contributed by atoms with Gasteiger partial charge in [0.25, 0.3) is 0 Å². The van der Waals surface area contributed by atoms with Crippen molar-refractivity contribution in [1.29, 1.82) is 0 Å². The van der Waals surface area contributed by atoms with Gasteiger partial charge in [0, 0.05) is 6.07 Å². The van der Waals surface area contributed by atoms with Gasteiger partial charge in [-0.25, -0.2) is 0 Å². The van der Waals surface area contributed by atoms with E-state index in [4.69, 9.17) is 9.47 Å². The van der Waals surface area contributed by atoms with E-state index in [0.29, 0.717) is 11.4 Å². The monoisotopic (exact) mass is 281 g/mol. The van der Waals surface area contributed by atoms with Crippen LogP contribution in [-0.4, -0.2) is 14.2 Å². The Labute approximate surface area is 122 Å². The average molecular weight is 281 g/mol. The molecular weight excluding hydrogens is 266 g/mol. The summed E-state index contributed by atoms with van der Waals surface area (Å²) in [4.78, 5) is 0. The minimum Gasteiger partial charge on any atom is -0.618 e. The number of benzene rings is 2. The molecule has 0 amide bonds. The normalized spacial score (nSPS) is 10.6. The van der Waals surface area contributed by atoms with E-state index in [1.54, 1.807) is 20.4 Å². The van der Waals surface area contributed by atoms with Crippen LogP contribution in [0.5, 0.6) is 11.5 Å². The summed E-state index contributed by atoms with van der Waals surface area (Å²) in [6.07, 6.45) is 1.56. The summed E-state index contributed by atoms with van der Waals surface area (Å²) in [7, 11) is 3.20. The van der Waals surface area contributed by atoms with Gasteiger partial charge >= 0.3 is 0 Å². The van der Waals surface area contributed by atoms with Crippen LogP contribution in [0.25, 0.3) is 22.0 Å². The Bertz CT molecular complexity index is 799. The molecule has 3 rings (SSSR count). The van der Waals surface area contributed by atoms with Crippen LogP contribution in [0.4, 0.5) is 0 Å². The van der Waals surface area contributed by atoms with Crippen molar-refractivity contribution in [3.05, 3.63) is 59.9 Å². The summed E-state index contributed by atoms with van der Waals surface area (Å²) in [5.74, 6) is 1.41. The topological polar surface area (TPSA) is 45.4 Å². The van der Waals surface area contributed by atoms with Crippen LogP contribution >= 0.6 is 0 Å². The molecule has 1 heterocycles. The summed E-state index contributed by atoms with van der Waals surface area (Å²) >= 11 is 0. The van der Waals surface area contributed by atoms with E-state index >= 15 is 0 Å². The van der Waals surface area contributed by atoms with E-state index in [9.17, 15) is 5.21 Å². The van der Waals surface area contributed by atoms with E-state index in [2.05, 4.69) is 0 Å². The number of hydrogen-bond acceptors (Lipinski definition) is 3. The predicted molar refractivity (Wildman–Crippen MR) is 81.4 cm³/mol. The molecule has 1 aromatic heterocycles. The highest BCUT2D eigenvalue weighted by Gasteiger charge is 2.15. The molecule has 21 heavy (non-hydrogen) atoms. The van der Waals surface area contributed by atoms with Gasteiger partial charge in [-0.05, 0) is 29.7 Å². The number of para-hydroxylation sites is 1. The molecule has 0 aliphatic rings. The lowest BCUT2D eigenvalue weighted by Crippen LogP contribution is -2.28. The SMILES string of the molecule is COc1ccc2cc(-c3ccccc3OC)[n+]([O-])cc2c1. The van der Waals surface area contributed by atoms with Crippen molar-refractivity contribution in [2.45, 2.75) is 0 Å². The van der Waals surface area contributed by atoms with Gasteiger partial charge in [-0.3, -0.25) is 0 Å². The van der Waals surface area contributed by atoms with E-state index in [-0.39, 0.29) is 0 Å². The lowest BCUT2D eigenvalue weighted by molar-refractivity contribution is -0.592. The van der Waals surface area contributed by atoms with Crippen LogP contribution in [-0.2, 0) is 0 Å². The highest BCUT2D eigenvalue weighted by molar-refractivity contribution is 5.85. The van der Waals surface area contributed by atoms with E-state index in [1.807, 2.05) is 48.5 Å². The smallest absolute Gasteiger partial charge is 0.228 e. The second kappa shape index (κ2) is 5.32. The van der Waals surface area contributed by atoms with Crippen LogP contribution in [0.3, 0.4) is 0 Å². The Morgan fingerprint density at radius 2 is 1.71 bits per heavy atom. The van der Waals surface area contributed by atoms with Gasteiger partial charge in [0.05, 0.1) is 25.2 Å². The first kappa shape index (κ1) is 13.2. The molecule has 0 saturated carbocycles. The highest BCUT2D eigenvalue weighted by atomic mass is 16.5. The van der Waals surface area contributed by atoms with Crippen LogP contribution in [0.1, 0.15) is 0 Å². The van der Waals surface area contributed by atoms with Crippen LogP contribution < -0.4 is 14.2 Å². The van der Waals surface area contributed by atoms with Gasteiger partial charge < -0.3 is 14.7 Å². The molecule has 0 aliphatic carbocycles. The van der Waals surface area contributed by atoms with Crippen LogP contribution in [0, 0.1) is 5.21 Å². The zero-order valence-corrected chi connectivity index (χ0v) is 11.9. The number of aromatic nitrogens is 1. The molecule has 0 unspecified atom stereocenters. The number of rotatable bonds is 3. The maximum absolute atomic E-state index is 12.3. The third-order valence-corrected chi connectivity index (χ3v) is 3.46. The summed E-state index contributed by atoms with van der Waals surface area (Å²) in [5, 5.41) is 14.1. The van der Waals surface area contributed by atoms with Crippen LogP contribution in [0.2, 0.25) is 0 Å². The Kier molecular flexibility index (Phi) is 3.36. The van der Waals surface area contributed by atoms with Crippen molar-refractivity contribution < 1.29 is 14.2 Å². The van der Waals surface area contributed by atoms with Gasteiger partial charge in [0.1, 0.15) is 11.5 Å². The first-order chi connectivity index (χ1) is 10.2. The number of pyridine rings is 1. The van der Waals surface area contributed by atoms with Crippen molar-refractivity contribution in [3.63, 3.8) is 0 Å². The summed E-state index contributed by atoms with van der Waals surface area (Å²) in [6.45, 7) is 0. The van der Waals surface area contributed by atoms with Crippen LogP contribution in [0.15, 0.2) is 54.7 Å². The molecule has 4 heteroatoms. The highest BCUT2D eigenvalue weighted by Crippen LogP contribution is 2.29. The fourth-order valence-electron chi connectivity index (χ4n) is 2.38. The standard InChI is InChI=1S/C17H15NO3/c1-20-14-8-7-12-10-16(18(19)11-13(12)9-14)15-5-3-4-6-17(15)21-2/h3-11H,1-2H3. The molecule has 0 bridgehead atoms. The molecule has 0 fully saturated rings. The molecular formula is C17H15NO3. The lowest BCUT2D eigenvalue weighted by Gasteiger charge is -2.10. The first-order valence-corrected chi connectivity index (χ1v) is 6.57. The summed E-state index contributed by atoms with van der Waals surface area (Å²) in [5.41, 5.74) is 1.33. The van der Waals surface area contributed by atoms with Gasteiger partial charge in [-0.15, -0.1) is 0 Å². The largest absolute Gasteiger partial charge is 0.618 e. The fraction of sp³-hybridized carbons (Fsp3) is 0.118. The minimum atomic E-state index is 0.560. The molecule has 0 aliphatic heterocycles. The van der Waals surface area contributed by atoms with Crippen molar-refractivity contribution >= 4 is 10.8 Å². The van der Waals surface area contributed by atoms with Gasteiger partial charge in [-0.2, -0.15) is 4.73 Å². The molecule has 3 aromatic rings. The van der Waals surface area contributed by atoms with E-state index in [0.717, 1.165) is 26.8 Å². The Morgan fingerprint density at radius 3 is 2.48 bits per heavy atom. The summed E-state index contributed by atoms with van der Waals surface area (Å²) in [6, 6.07) is 15.0. The second-order valence-electron chi connectivity index (χ2n) is 4.68. The third kappa shape index (κ3) is 2.36. The number of ether oxygens (including phenoxy) is 2. The van der Waals surface area contributed by atoms with Crippen molar-refractivity contribution in [1.82, 2.24) is 0 Å². The molecule has 0 N–H and O–H groups in total. The molecule has 0 radical (unpaired) electrons. The maximum Gasteiger partial charge on any atom is 0.228 e. The number of fused-ring (bicyclic) bond motifs is 1. The van der Waals surface area contributed by atoms with Gasteiger partial charge in [0.2, 0.25) is 5.69 Å². The zero-order valence-electron chi connectivity index (χ0n) is 11.9. The Balaban J connectivity index is 2.21. The fourth-order valence-corrected chi connectivity index (χ4v) is 2.38. The maximum atomic E-state index is 12.3. The Hall–Kier alpha value is -2.75. The lowest BCUT2D eigenvalue weighted by atomic mass is 10.1. The summed E-state index contributed by atoms with van der Waals surface area (Å²) < 4.78 is 11.4. The number of nitrogens with zero attached hydrogens (tertiary/aromatic N) is 1. The minimum absolute atomic E-state index is 0.560. The third-order valence-electron chi connectivity index (χ3n) is 3.46. The molecule has 0 saturated heterocycles. The first-order valence-electron chi connectivity index (χ1n) is 6.57. The predicted octanol–water partition coefficient (Wildman–Crippen LogP) is 3.16. The van der Waals surface area contributed by atoms with Gasteiger partial charge in [0.15, 0.2) is 6.20 Å². The van der Waals surface area contributed by atoms with Crippen molar-refractivity contribution in [2.75, 3.05) is 14.2 Å².